The summed E-state index contributed by atoms with van der Waals surface area (Å²) in [7, 11) is 0. The molecule has 1 amide bonds. The van der Waals surface area contributed by atoms with Gasteiger partial charge in [0, 0.05) is 34.5 Å². The van der Waals surface area contributed by atoms with Crippen LogP contribution in [0.3, 0.4) is 0 Å². The Balaban J connectivity index is 1.54. The van der Waals surface area contributed by atoms with Gasteiger partial charge in [0.25, 0.3) is 5.91 Å². The number of hydroxylamine groups is 2. The second-order valence-corrected chi connectivity index (χ2v) is 8.97. The van der Waals surface area contributed by atoms with E-state index in [0.717, 1.165) is 28.9 Å². The molecule has 0 spiro atoms. The smallest absolute Gasteiger partial charge is 0.330 e. The molecule has 7 heteroatoms. The van der Waals surface area contributed by atoms with Crippen LogP contribution in [0, 0.1) is 5.41 Å². The minimum Gasteiger partial charge on any atom is -0.369 e. The Hall–Kier alpha value is -2.38. The van der Waals surface area contributed by atoms with Crippen LogP contribution in [0.2, 0.25) is 0 Å². The SMILES string of the molecule is CC(C)(C)C(=O)ON1CCN(c2ccc(C(=O)Nc3cccc(Br)c3)cc2)CC1. The lowest BCUT2D eigenvalue weighted by molar-refractivity contribution is -0.201. The predicted octanol–water partition coefficient (Wildman–Crippen LogP) is 4.33. The van der Waals surface area contributed by atoms with Gasteiger partial charge in [0.2, 0.25) is 0 Å². The zero-order chi connectivity index (χ0) is 21.0. The largest absolute Gasteiger partial charge is 0.369 e. The Morgan fingerprint density at radius 2 is 1.66 bits per heavy atom. The van der Waals surface area contributed by atoms with Crippen molar-refractivity contribution in [3.63, 3.8) is 0 Å². The summed E-state index contributed by atoms with van der Waals surface area (Å²) >= 11 is 3.40. The van der Waals surface area contributed by atoms with Gasteiger partial charge < -0.3 is 15.1 Å². The lowest BCUT2D eigenvalue weighted by Crippen LogP contribution is -2.48. The van der Waals surface area contributed by atoms with Crippen LogP contribution in [-0.4, -0.2) is 43.1 Å². The first kappa shape index (κ1) is 21.3. The Kier molecular flexibility index (Phi) is 6.59. The molecule has 154 valence electrons. The number of anilines is 2. The number of piperazine rings is 1. The molecule has 1 saturated heterocycles. The van der Waals surface area contributed by atoms with E-state index in [0.29, 0.717) is 18.7 Å². The Morgan fingerprint density at radius 1 is 1.00 bits per heavy atom. The Morgan fingerprint density at radius 3 is 2.24 bits per heavy atom. The molecular weight excluding hydrogens is 434 g/mol. The van der Waals surface area contributed by atoms with Crippen molar-refractivity contribution in [3.05, 3.63) is 58.6 Å². The van der Waals surface area contributed by atoms with Gasteiger partial charge in [-0.05, 0) is 63.2 Å². The summed E-state index contributed by atoms with van der Waals surface area (Å²) in [5.41, 5.74) is 1.88. The molecule has 6 nitrogen and oxygen atoms in total. The molecule has 0 atom stereocenters. The molecule has 0 aliphatic carbocycles. The normalized spacial score (nSPS) is 15.1. The fourth-order valence-electron chi connectivity index (χ4n) is 2.88. The van der Waals surface area contributed by atoms with Crippen LogP contribution in [0.25, 0.3) is 0 Å². The topological polar surface area (TPSA) is 61.9 Å². The summed E-state index contributed by atoms with van der Waals surface area (Å²) in [6.07, 6.45) is 0. The van der Waals surface area contributed by atoms with E-state index in [9.17, 15) is 9.59 Å². The first-order valence-electron chi connectivity index (χ1n) is 9.62. The summed E-state index contributed by atoms with van der Waals surface area (Å²) in [6.45, 7) is 8.33. The van der Waals surface area contributed by atoms with Crippen LogP contribution in [0.1, 0.15) is 31.1 Å². The molecule has 0 unspecified atom stereocenters. The van der Waals surface area contributed by atoms with E-state index in [4.69, 9.17) is 4.84 Å². The second-order valence-electron chi connectivity index (χ2n) is 8.06. The molecule has 0 bridgehead atoms. The number of halogens is 1. The number of benzene rings is 2. The Bertz CT molecular complexity index is 870. The van der Waals surface area contributed by atoms with Gasteiger partial charge in [-0.3, -0.25) is 4.79 Å². The summed E-state index contributed by atoms with van der Waals surface area (Å²) in [4.78, 5) is 32.1. The molecule has 1 N–H and O–H groups in total. The van der Waals surface area contributed by atoms with Crippen molar-refractivity contribution in [2.45, 2.75) is 20.8 Å². The summed E-state index contributed by atoms with van der Waals surface area (Å²) in [5, 5.41) is 4.62. The van der Waals surface area contributed by atoms with Crippen molar-refractivity contribution in [2.24, 2.45) is 5.41 Å². The average molecular weight is 460 g/mol. The summed E-state index contributed by atoms with van der Waals surface area (Å²) in [5.74, 6) is -0.361. The molecule has 1 aliphatic heterocycles. The van der Waals surface area contributed by atoms with Gasteiger partial charge in [-0.15, -0.1) is 5.06 Å². The van der Waals surface area contributed by atoms with Crippen LogP contribution >= 0.6 is 15.9 Å². The minimum atomic E-state index is -0.511. The average Bonchev–Trinajstić information content (AvgIpc) is 2.68. The van der Waals surface area contributed by atoms with Gasteiger partial charge in [-0.25, -0.2) is 4.79 Å². The fourth-order valence-corrected chi connectivity index (χ4v) is 3.28. The number of rotatable bonds is 4. The molecule has 2 aromatic rings. The number of carbonyl (C=O) groups is 2. The van der Waals surface area contributed by atoms with E-state index in [1.807, 2.05) is 69.3 Å². The van der Waals surface area contributed by atoms with E-state index >= 15 is 0 Å². The molecule has 1 fully saturated rings. The highest BCUT2D eigenvalue weighted by molar-refractivity contribution is 9.10. The lowest BCUT2D eigenvalue weighted by atomic mass is 9.98. The third-order valence-electron chi connectivity index (χ3n) is 4.64. The van der Waals surface area contributed by atoms with E-state index in [-0.39, 0.29) is 11.9 Å². The third kappa shape index (κ3) is 5.81. The minimum absolute atomic E-state index is 0.145. The first-order valence-corrected chi connectivity index (χ1v) is 10.4. The van der Waals surface area contributed by atoms with Gasteiger partial charge in [-0.2, -0.15) is 0 Å². The van der Waals surface area contributed by atoms with Gasteiger partial charge in [0.1, 0.15) is 0 Å². The molecule has 2 aromatic carbocycles. The van der Waals surface area contributed by atoms with Crippen LogP contribution in [0.5, 0.6) is 0 Å². The maximum atomic E-state index is 12.4. The van der Waals surface area contributed by atoms with Crippen LogP contribution in [0.4, 0.5) is 11.4 Å². The van der Waals surface area contributed by atoms with Crippen LogP contribution < -0.4 is 10.2 Å². The van der Waals surface area contributed by atoms with Gasteiger partial charge >= 0.3 is 5.97 Å². The van der Waals surface area contributed by atoms with E-state index in [2.05, 4.69) is 26.1 Å². The van der Waals surface area contributed by atoms with Crippen molar-refractivity contribution < 1.29 is 14.4 Å². The quantitative estimate of drug-likeness (QED) is 0.736. The molecule has 1 heterocycles. The predicted molar refractivity (Wildman–Crippen MR) is 118 cm³/mol. The van der Waals surface area contributed by atoms with E-state index in [1.165, 1.54) is 0 Å². The number of amides is 1. The monoisotopic (exact) mass is 459 g/mol. The molecular formula is C22H26BrN3O3. The summed E-state index contributed by atoms with van der Waals surface area (Å²) < 4.78 is 0.915. The number of hydrogen-bond acceptors (Lipinski definition) is 5. The second kappa shape index (κ2) is 8.97. The standard InChI is InChI=1S/C22H26BrN3O3/c1-22(2,3)21(28)29-26-13-11-25(12-14-26)19-9-7-16(8-10-19)20(27)24-18-6-4-5-17(23)15-18/h4-10,15H,11-14H2,1-3H3,(H,24,27). The highest BCUT2D eigenvalue weighted by atomic mass is 79.9. The number of hydrogen-bond donors (Lipinski definition) is 1. The maximum absolute atomic E-state index is 12.4. The fraction of sp³-hybridized carbons (Fsp3) is 0.364. The zero-order valence-corrected chi connectivity index (χ0v) is 18.5. The van der Waals surface area contributed by atoms with Crippen molar-refractivity contribution in [1.29, 1.82) is 0 Å². The first-order chi connectivity index (χ1) is 13.7. The highest BCUT2D eigenvalue weighted by Crippen LogP contribution is 2.21. The molecule has 29 heavy (non-hydrogen) atoms. The molecule has 1 aliphatic rings. The van der Waals surface area contributed by atoms with Gasteiger partial charge in [0.05, 0.1) is 18.5 Å². The summed E-state index contributed by atoms with van der Waals surface area (Å²) in [6, 6.07) is 15.1. The van der Waals surface area contributed by atoms with Crippen LogP contribution in [0.15, 0.2) is 53.0 Å². The Labute approximate surface area is 179 Å². The number of nitrogens with one attached hydrogen (secondary N) is 1. The van der Waals surface area contributed by atoms with Crippen molar-refractivity contribution in [1.82, 2.24) is 5.06 Å². The molecule has 0 radical (unpaired) electrons. The molecule has 3 rings (SSSR count). The molecule has 0 aromatic heterocycles. The molecule has 0 saturated carbocycles. The number of carbonyl (C=O) groups excluding carboxylic acids is 2. The zero-order valence-electron chi connectivity index (χ0n) is 16.9. The van der Waals surface area contributed by atoms with Gasteiger partial charge in [-0.1, -0.05) is 22.0 Å². The third-order valence-corrected chi connectivity index (χ3v) is 5.13. The van der Waals surface area contributed by atoms with Crippen molar-refractivity contribution in [3.8, 4) is 0 Å². The number of nitrogens with zero attached hydrogens (tertiary/aromatic N) is 2. The van der Waals surface area contributed by atoms with Gasteiger partial charge in [0.15, 0.2) is 0 Å². The maximum Gasteiger partial charge on any atom is 0.330 e. The lowest BCUT2D eigenvalue weighted by Gasteiger charge is -2.35. The van der Waals surface area contributed by atoms with Crippen molar-refractivity contribution >= 4 is 39.2 Å². The highest BCUT2D eigenvalue weighted by Gasteiger charge is 2.27. The van der Waals surface area contributed by atoms with Crippen molar-refractivity contribution in [2.75, 3.05) is 36.4 Å². The van der Waals surface area contributed by atoms with E-state index < -0.39 is 5.41 Å². The van der Waals surface area contributed by atoms with E-state index in [1.54, 1.807) is 5.06 Å². The van der Waals surface area contributed by atoms with Crippen LogP contribution in [-0.2, 0) is 9.63 Å².